The van der Waals surface area contributed by atoms with Crippen molar-refractivity contribution in [1.82, 2.24) is 5.32 Å². The number of carbonyl (C=O) groups excluding carboxylic acids is 1. The molecule has 3 nitrogen and oxygen atoms in total. The molecule has 0 aromatic heterocycles. The summed E-state index contributed by atoms with van der Waals surface area (Å²) in [6.45, 7) is 2.79. The molecular formula is C11H13NO2. The van der Waals surface area contributed by atoms with Gasteiger partial charge >= 0.3 is 0 Å². The van der Waals surface area contributed by atoms with E-state index in [4.69, 9.17) is 4.74 Å². The molecule has 0 spiro atoms. The molecule has 14 heavy (non-hydrogen) atoms. The van der Waals surface area contributed by atoms with Crippen LogP contribution in [0, 0.1) is 6.92 Å². The van der Waals surface area contributed by atoms with E-state index < -0.39 is 0 Å². The van der Waals surface area contributed by atoms with Crippen LogP contribution in [0.15, 0.2) is 24.3 Å². The first-order valence-electron chi connectivity index (χ1n) is 4.71. The fourth-order valence-electron chi connectivity index (χ4n) is 1.64. The molecule has 1 aliphatic rings. The third-order valence-corrected chi connectivity index (χ3v) is 2.44. The summed E-state index contributed by atoms with van der Waals surface area (Å²) in [6, 6.07) is 8.08. The van der Waals surface area contributed by atoms with Crippen LogP contribution in [0.25, 0.3) is 0 Å². The molecule has 0 bridgehead atoms. The smallest absolute Gasteiger partial charge is 0.246 e. The van der Waals surface area contributed by atoms with E-state index in [0.29, 0.717) is 6.54 Å². The Labute approximate surface area is 83.1 Å². The van der Waals surface area contributed by atoms with Gasteiger partial charge < -0.3 is 10.1 Å². The van der Waals surface area contributed by atoms with Crippen LogP contribution in [-0.2, 0) is 9.53 Å². The molecule has 0 radical (unpaired) electrons. The maximum atomic E-state index is 10.9. The molecule has 2 rings (SSSR count). The van der Waals surface area contributed by atoms with Crippen LogP contribution >= 0.6 is 0 Å². The Kier molecular flexibility index (Phi) is 2.50. The van der Waals surface area contributed by atoms with Crippen molar-refractivity contribution in [2.45, 2.75) is 13.0 Å². The van der Waals surface area contributed by atoms with Crippen molar-refractivity contribution in [3.63, 3.8) is 0 Å². The van der Waals surface area contributed by atoms with Gasteiger partial charge in [0.1, 0.15) is 12.7 Å². The summed E-state index contributed by atoms with van der Waals surface area (Å²) in [7, 11) is 0. The molecule has 1 amide bonds. The molecular weight excluding hydrogens is 178 g/mol. The van der Waals surface area contributed by atoms with Gasteiger partial charge in [0.15, 0.2) is 0 Å². The summed E-state index contributed by atoms with van der Waals surface area (Å²) in [4.78, 5) is 10.9. The van der Waals surface area contributed by atoms with Gasteiger partial charge in [-0.25, -0.2) is 0 Å². The summed E-state index contributed by atoms with van der Waals surface area (Å²) in [5.41, 5.74) is 2.36. The summed E-state index contributed by atoms with van der Waals surface area (Å²) in [6.07, 6.45) is 0.00824. The first kappa shape index (κ1) is 9.21. The second-order valence-electron chi connectivity index (χ2n) is 3.46. The molecule has 1 saturated heterocycles. The van der Waals surface area contributed by atoms with Gasteiger partial charge in [0.05, 0.1) is 0 Å². The second kappa shape index (κ2) is 3.80. The summed E-state index contributed by atoms with van der Waals surface area (Å²) in [5.74, 6) is -0.0326. The lowest BCUT2D eigenvalue weighted by Crippen LogP contribution is -2.38. The van der Waals surface area contributed by atoms with Crippen molar-refractivity contribution in [3.8, 4) is 0 Å². The Bertz CT molecular complexity index is 339. The van der Waals surface area contributed by atoms with Crippen LogP contribution in [-0.4, -0.2) is 19.1 Å². The zero-order valence-electron chi connectivity index (χ0n) is 8.12. The maximum absolute atomic E-state index is 10.9. The minimum Gasteiger partial charge on any atom is -0.362 e. The van der Waals surface area contributed by atoms with Crippen LogP contribution < -0.4 is 5.32 Å². The van der Waals surface area contributed by atoms with E-state index in [1.54, 1.807) is 0 Å². The Hall–Kier alpha value is -1.35. The number of hydrogen-bond acceptors (Lipinski definition) is 2. The molecule has 1 atom stereocenters. The van der Waals surface area contributed by atoms with E-state index in [1.165, 1.54) is 5.56 Å². The average molecular weight is 191 g/mol. The van der Waals surface area contributed by atoms with Crippen molar-refractivity contribution in [1.29, 1.82) is 0 Å². The predicted octanol–water partition coefficient (Wildman–Crippen LogP) is 1.18. The van der Waals surface area contributed by atoms with Crippen LogP contribution in [0.2, 0.25) is 0 Å². The number of amides is 1. The van der Waals surface area contributed by atoms with E-state index in [9.17, 15) is 4.79 Å². The third kappa shape index (κ3) is 1.77. The molecule has 1 heterocycles. The van der Waals surface area contributed by atoms with E-state index in [2.05, 4.69) is 18.3 Å². The first-order chi connectivity index (χ1) is 6.77. The molecule has 74 valence electrons. The highest BCUT2D eigenvalue weighted by molar-refractivity contribution is 5.77. The third-order valence-electron chi connectivity index (χ3n) is 2.44. The van der Waals surface area contributed by atoms with Crippen molar-refractivity contribution >= 4 is 5.91 Å². The zero-order valence-corrected chi connectivity index (χ0v) is 8.12. The molecule has 1 N–H and O–H groups in total. The lowest BCUT2D eigenvalue weighted by molar-refractivity contribution is -0.133. The first-order valence-corrected chi connectivity index (χ1v) is 4.71. The molecule has 0 unspecified atom stereocenters. The van der Waals surface area contributed by atoms with E-state index >= 15 is 0 Å². The van der Waals surface area contributed by atoms with Gasteiger partial charge in [-0.2, -0.15) is 0 Å². The quantitative estimate of drug-likeness (QED) is 0.724. The highest BCUT2D eigenvalue weighted by Gasteiger charge is 2.20. The molecule has 1 aliphatic heterocycles. The molecule has 1 aromatic carbocycles. The Balaban J connectivity index is 2.16. The number of hydrogen-bond donors (Lipinski definition) is 1. The Morgan fingerprint density at radius 1 is 1.43 bits per heavy atom. The minimum absolute atomic E-state index is 0.00824. The van der Waals surface area contributed by atoms with E-state index in [-0.39, 0.29) is 18.6 Å². The van der Waals surface area contributed by atoms with Gasteiger partial charge in [-0.15, -0.1) is 0 Å². The largest absolute Gasteiger partial charge is 0.362 e. The summed E-state index contributed by atoms with van der Waals surface area (Å²) >= 11 is 0. The number of aryl methyl sites for hydroxylation is 1. The van der Waals surface area contributed by atoms with Crippen molar-refractivity contribution < 1.29 is 9.53 Å². The zero-order chi connectivity index (χ0) is 9.97. The molecule has 0 saturated carbocycles. The number of benzene rings is 1. The highest BCUT2D eigenvalue weighted by atomic mass is 16.5. The SMILES string of the molecule is Cc1ccccc1[C@H]1CNC(=O)CO1. The van der Waals surface area contributed by atoms with Crippen LogP contribution in [0.1, 0.15) is 17.2 Å². The van der Waals surface area contributed by atoms with Crippen molar-refractivity contribution in [2.24, 2.45) is 0 Å². The van der Waals surface area contributed by atoms with Gasteiger partial charge in [0.2, 0.25) is 5.91 Å². The standard InChI is InChI=1S/C11H13NO2/c1-8-4-2-3-5-9(8)10-6-12-11(13)7-14-10/h2-5,10H,6-7H2,1H3,(H,12,13)/t10-/m1/s1. The van der Waals surface area contributed by atoms with Crippen molar-refractivity contribution in [3.05, 3.63) is 35.4 Å². The highest BCUT2D eigenvalue weighted by Crippen LogP contribution is 2.21. The van der Waals surface area contributed by atoms with Gasteiger partial charge in [-0.1, -0.05) is 24.3 Å². The van der Waals surface area contributed by atoms with Gasteiger partial charge in [-0.05, 0) is 18.1 Å². The monoisotopic (exact) mass is 191 g/mol. The molecule has 3 heteroatoms. The fourth-order valence-corrected chi connectivity index (χ4v) is 1.64. The Morgan fingerprint density at radius 3 is 2.86 bits per heavy atom. The number of ether oxygens (including phenoxy) is 1. The molecule has 1 fully saturated rings. The molecule has 1 aromatic rings. The Morgan fingerprint density at radius 2 is 2.21 bits per heavy atom. The van der Waals surface area contributed by atoms with Crippen LogP contribution in [0.5, 0.6) is 0 Å². The lowest BCUT2D eigenvalue weighted by atomic mass is 10.0. The van der Waals surface area contributed by atoms with Gasteiger partial charge in [-0.3, -0.25) is 4.79 Å². The summed E-state index contributed by atoms with van der Waals surface area (Å²) < 4.78 is 5.45. The number of morpholine rings is 1. The summed E-state index contributed by atoms with van der Waals surface area (Å²) in [5, 5.41) is 2.79. The number of carbonyl (C=O) groups is 1. The maximum Gasteiger partial charge on any atom is 0.246 e. The minimum atomic E-state index is -0.0326. The van der Waals surface area contributed by atoms with Crippen LogP contribution in [0.4, 0.5) is 0 Å². The van der Waals surface area contributed by atoms with Gasteiger partial charge in [0.25, 0.3) is 0 Å². The van der Waals surface area contributed by atoms with Crippen molar-refractivity contribution in [2.75, 3.05) is 13.2 Å². The number of nitrogens with one attached hydrogen (secondary N) is 1. The lowest BCUT2D eigenvalue weighted by Gasteiger charge is -2.24. The molecule has 0 aliphatic carbocycles. The fraction of sp³-hybridized carbons (Fsp3) is 0.364. The normalized spacial score (nSPS) is 21.8. The van der Waals surface area contributed by atoms with E-state index in [1.807, 2.05) is 18.2 Å². The van der Waals surface area contributed by atoms with Crippen LogP contribution in [0.3, 0.4) is 0 Å². The second-order valence-corrected chi connectivity index (χ2v) is 3.46. The van der Waals surface area contributed by atoms with Gasteiger partial charge in [0, 0.05) is 6.54 Å². The predicted molar refractivity (Wildman–Crippen MR) is 52.9 cm³/mol. The number of rotatable bonds is 1. The van der Waals surface area contributed by atoms with E-state index in [0.717, 1.165) is 5.56 Å². The average Bonchev–Trinajstić information content (AvgIpc) is 2.20. The topological polar surface area (TPSA) is 38.3 Å².